The second-order valence-electron chi connectivity index (χ2n) is 4.74. The average molecular weight is 338 g/mol. The molecule has 2 saturated heterocycles. The molecule has 90 valence electrons. The van der Waals surface area contributed by atoms with Gasteiger partial charge in [-0.3, -0.25) is 9.59 Å². The van der Waals surface area contributed by atoms with Gasteiger partial charge in [0.05, 0.1) is 11.8 Å². The molecule has 2 heterocycles. The second kappa shape index (κ2) is 4.50. The minimum absolute atomic E-state index is 0.00433. The van der Waals surface area contributed by atoms with Crippen LogP contribution in [0.15, 0.2) is 0 Å². The molecule has 3 fully saturated rings. The number of aliphatic carboxylic acids is 1. The molecule has 2 aliphatic heterocycles. The number of carbonyl (C=O) groups excluding carboxylic acids is 1. The average Bonchev–Trinajstić information content (AvgIpc) is 2.19. The Hall–Kier alpha value is -0.330. The van der Waals surface area contributed by atoms with Crippen LogP contribution in [0.2, 0.25) is 0 Å². The van der Waals surface area contributed by atoms with Crippen LogP contribution in [0.4, 0.5) is 0 Å². The van der Waals surface area contributed by atoms with Gasteiger partial charge in [-0.1, -0.05) is 29.0 Å². The summed E-state index contributed by atoms with van der Waals surface area (Å²) in [5, 5.41) is 8.90. The normalized spacial score (nSPS) is 38.7. The topological polar surface area (TPSA) is 63.6 Å². The molecule has 2 bridgehead atoms. The molecule has 16 heavy (non-hydrogen) atoms. The van der Waals surface area contributed by atoms with E-state index in [1.54, 1.807) is 0 Å². The first kappa shape index (κ1) is 12.1. The van der Waals surface area contributed by atoms with Crippen LogP contribution >= 0.6 is 22.6 Å². The minimum Gasteiger partial charge on any atom is -0.481 e. The van der Waals surface area contributed by atoms with Crippen molar-refractivity contribution in [3.8, 4) is 0 Å². The van der Waals surface area contributed by atoms with Crippen LogP contribution in [0.25, 0.3) is 0 Å². The minimum atomic E-state index is -0.901. The zero-order valence-corrected chi connectivity index (χ0v) is 11.1. The summed E-state index contributed by atoms with van der Waals surface area (Å²) >= 11 is 2.33. The predicted octanol–water partition coefficient (Wildman–Crippen LogP) is 2.14. The van der Waals surface area contributed by atoms with Gasteiger partial charge in [0, 0.05) is 3.92 Å². The Morgan fingerprint density at radius 2 is 2.25 bits per heavy atom. The molecule has 0 amide bonds. The first-order chi connectivity index (χ1) is 7.53. The van der Waals surface area contributed by atoms with Crippen LogP contribution < -0.4 is 0 Å². The van der Waals surface area contributed by atoms with E-state index >= 15 is 0 Å². The number of fused-ring (bicyclic) bond motifs is 5. The first-order valence-electron chi connectivity index (χ1n) is 5.60. The number of alkyl halides is 1. The Morgan fingerprint density at radius 3 is 2.88 bits per heavy atom. The quantitative estimate of drug-likeness (QED) is 0.476. The molecule has 0 radical (unpaired) electrons. The third-order valence-electron chi connectivity index (χ3n) is 3.63. The van der Waals surface area contributed by atoms with Crippen molar-refractivity contribution >= 4 is 34.5 Å². The molecule has 3 rings (SSSR count). The summed E-state index contributed by atoms with van der Waals surface area (Å²) in [7, 11) is 0. The van der Waals surface area contributed by atoms with Gasteiger partial charge < -0.3 is 9.84 Å². The van der Waals surface area contributed by atoms with E-state index in [0.29, 0.717) is 16.8 Å². The van der Waals surface area contributed by atoms with Gasteiger partial charge in [0.2, 0.25) is 0 Å². The molecule has 3 unspecified atom stereocenters. The Labute approximate surface area is 108 Å². The SMILES string of the molecule is O=C(O)CC12CCCC(I)C(CC1)OC2=O. The van der Waals surface area contributed by atoms with E-state index in [1.165, 1.54) is 0 Å². The Morgan fingerprint density at radius 1 is 1.50 bits per heavy atom. The number of esters is 1. The van der Waals surface area contributed by atoms with Gasteiger partial charge in [-0.15, -0.1) is 0 Å². The number of carbonyl (C=O) groups is 2. The van der Waals surface area contributed by atoms with Crippen LogP contribution in [-0.2, 0) is 14.3 Å². The zero-order chi connectivity index (χ0) is 11.8. The van der Waals surface area contributed by atoms with Gasteiger partial charge in [-0.25, -0.2) is 0 Å². The van der Waals surface area contributed by atoms with Crippen molar-refractivity contribution in [3.63, 3.8) is 0 Å². The fourth-order valence-corrected chi connectivity index (χ4v) is 3.63. The third kappa shape index (κ3) is 2.19. The van der Waals surface area contributed by atoms with Crippen molar-refractivity contribution in [3.05, 3.63) is 0 Å². The van der Waals surface area contributed by atoms with Crippen LogP contribution in [0.5, 0.6) is 0 Å². The smallest absolute Gasteiger partial charge is 0.312 e. The second-order valence-corrected chi connectivity index (χ2v) is 6.34. The monoisotopic (exact) mass is 338 g/mol. The molecule has 3 aliphatic rings. The number of halogens is 1. The fourth-order valence-electron chi connectivity index (χ4n) is 2.68. The largest absolute Gasteiger partial charge is 0.481 e. The maximum atomic E-state index is 11.9. The Balaban J connectivity index is 2.19. The summed E-state index contributed by atoms with van der Waals surface area (Å²) in [6.07, 6.45) is 3.99. The maximum absolute atomic E-state index is 11.9. The number of carboxylic acid groups (broad SMARTS) is 1. The summed E-state index contributed by atoms with van der Waals surface area (Å²) < 4.78 is 5.78. The van der Waals surface area contributed by atoms with E-state index in [4.69, 9.17) is 9.84 Å². The van der Waals surface area contributed by atoms with Crippen LogP contribution in [-0.4, -0.2) is 27.1 Å². The molecule has 5 heteroatoms. The zero-order valence-electron chi connectivity index (χ0n) is 8.95. The maximum Gasteiger partial charge on any atom is 0.312 e. The van der Waals surface area contributed by atoms with Gasteiger partial charge >= 0.3 is 11.9 Å². The van der Waals surface area contributed by atoms with Gasteiger partial charge in [-0.05, 0) is 25.7 Å². The van der Waals surface area contributed by atoms with E-state index in [-0.39, 0.29) is 18.5 Å². The molecule has 4 nitrogen and oxygen atoms in total. The molecule has 3 atom stereocenters. The molecule has 0 spiro atoms. The predicted molar refractivity (Wildman–Crippen MR) is 65.5 cm³/mol. The van der Waals surface area contributed by atoms with E-state index in [0.717, 1.165) is 19.3 Å². The van der Waals surface area contributed by atoms with Gasteiger partial charge in [0.15, 0.2) is 0 Å². The highest BCUT2D eigenvalue weighted by molar-refractivity contribution is 14.1. The summed E-state index contributed by atoms with van der Waals surface area (Å²) in [5.74, 6) is -1.19. The lowest BCUT2D eigenvalue weighted by Gasteiger charge is -2.41. The van der Waals surface area contributed by atoms with Gasteiger partial charge in [0.25, 0.3) is 0 Å². The summed E-state index contributed by atoms with van der Waals surface area (Å²) in [4.78, 5) is 22.8. The molecular formula is C11H15IO4. The first-order valence-corrected chi connectivity index (χ1v) is 6.85. The summed E-state index contributed by atoms with van der Waals surface area (Å²) in [6, 6.07) is 0. The van der Waals surface area contributed by atoms with Crippen molar-refractivity contribution in [2.45, 2.75) is 48.6 Å². The van der Waals surface area contributed by atoms with Crippen molar-refractivity contribution in [1.29, 1.82) is 0 Å². The van der Waals surface area contributed by atoms with Crippen LogP contribution in [0, 0.1) is 5.41 Å². The van der Waals surface area contributed by atoms with Crippen molar-refractivity contribution in [1.82, 2.24) is 0 Å². The van der Waals surface area contributed by atoms with E-state index in [9.17, 15) is 9.59 Å². The van der Waals surface area contributed by atoms with Crippen molar-refractivity contribution in [2.75, 3.05) is 0 Å². The Kier molecular flexibility index (Phi) is 3.42. The molecule has 0 aromatic carbocycles. The number of carboxylic acids is 1. The van der Waals surface area contributed by atoms with Crippen molar-refractivity contribution < 1.29 is 19.4 Å². The summed E-state index contributed by atoms with van der Waals surface area (Å²) in [6.45, 7) is 0. The molecular weight excluding hydrogens is 323 g/mol. The molecule has 1 aliphatic carbocycles. The van der Waals surface area contributed by atoms with Gasteiger partial charge in [-0.2, -0.15) is 0 Å². The highest BCUT2D eigenvalue weighted by Gasteiger charge is 2.48. The van der Waals surface area contributed by atoms with Crippen LogP contribution in [0.1, 0.15) is 38.5 Å². The number of hydrogen-bond acceptors (Lipinski definition) is 3. The Bertz CT molecular complexity index is 313. The fraction of sp³-hybridized carbons (Fsp3) is 0.818. The molecule has 0 aromatic heterocycles. The summed E-state index contributed by atoms with van der Waals surface area (Å²) in [5.41, 5.74) is -0.737. The van der Waals surface area contributed by atoms with E-state index in [2.05, 4.69) is 22.6 Å². The number of ether oxygens (including phenoxy) is 1. The lowest BCUT2D eigenvalue weighted by Crippen LogP contribution is -2.46. The lowest BCUT2D eigenvalue weighted by atomic mass is 9.71. The van der Waals surface area contributed by atoms with Gasteiger partial charge in [0.1, 0.15) is 6.10 Å². The van der Waals surface area contributed by atoms with Crippen LogP contribution in [0.3, 0.4) is 0 Å². The van der Waals surface area contributed by atoms with E-state index in [1.807, 2.05) is 0 Å². The molecule has 1 saturated carbocycles. The third-order valence-corrected chi connectivity index (χ3v) is 5.05. The molecule has 0 aromatic rings. The number of rotatable bonds is 2. The standard InChI is InChI=1S/C11H15IO4/c12-7-2-1-4-11(6-9(13)14)5-3-8(7)16-10(11)15/h7-8H,1-6H2,(H,13,14). The highest BCUT2D eigenvalue weighted by Crippen LogP contribution is 2.44. The number of hydrogen-bond donors (Lipinski definition) is 1. The highest BCUT2D eigenvalue weighted by atomic mass is 127. The van der Waals surface area contributed by atoms with E-state index < -0.39 is 11.4 Å². The van der Waals surface area contributed by atoms with Crippen molar-refractivity contribution in [2.24, 2.45) is 5.41 Å². The molecule has 1 N–H and O–H groups in total. The lowest BCUT2D eigenvalue weighted by molar-refractivity contribution is -0.176.